The highest BCUT2D eigenvalue weighted by molar-refractivity contribution is 6.34. The van der Waals surface area contributed by atoms with Crippen molar-refractivity contribution >= 4 is 23.2 Å². The second kappa shape index (κ2) is 6.73. The van der Waals surface area contributed by atoms with E-state index in [2.05, 4.69) is 5.32 Å². The van der Waals surface area contributed by atoms with Crippen molar-refractivity contribution in [3.8, 4) is 11.8 Å². The summed E-state index contributed by atoms with van der Waals surface area (Å²) in [5.74, 6) is -0.823. The van der Waals surface area contributed by atoms with Gasteiger partial charge in [0.2, 0.25) is 0 Å². The molecular weight excluding hydrogens is 295 g/mol. The number of nitrogens with one attached hydrogen (secondary N) is 1. The number of hydrogen-bond acceptors (Lipinski definition) is 3. The van der Waals surface area contributed by atoms with Crippen LogP contribution in [0.15, 0.2) is 42.5 Å². The highest BCUT2D eigenvalue weighted by Gasteiger charge is 2.15. The fourth-order valence-corrected chi connectivity index (χ4v) is 1.91. The van der Waals surface area contributed by atoms with Gasteiger partial charge < -0.3 is 10.1 Å². The molecule has 2 rings (SSSR count). The van der Waals surface area contributed by atoms with Crippen molar-refractivity contribution in [3.05, 3.63) is 58.9 Å². The van der Waals surface area contributed by atoms with E-state index in [-0.39, 0.29) is 17.2 Å². The summed E-state index contributed by atoms with van der Waals surface area (Å²) in [6.45, 7) is -0.0590. The lowest BCUT2D eigenvalue weighted by molar-refractivity contribution is 0.102. The molecule has 0 aliphatic heterocycles. The van der Waals surface area contributed by atoms with E-state index >= 15 is 0 Å². The minimum Gasteiger partial charge on any atom is -0.479 e. The van der Waals surface area contributed by atoms with Crippen LogP contribution >= 0.6 is 11.6 Å². The monoisotopic (exact) mass is 304 g/mol. The van der Waals surface area contributed by atoms with Crippen LogP contribution in [0.2, 0.25) is 5.02 Å². The maximum Gasteiger partial charge on any atom is 0.260 e. The molecular formula is C15H10ClFN2O2. The van der Waals surface area contributed by atoms with Crippen LogP contribution in [0.3, 0.4) is 0 Å². The lowest BCUT2D eigenvalue weighted by Crippen LogP contribution is -2.14. The Hall–Kier alpha value is -2.58. The first kappa shape index (κ1) is 14.8. The van der Waals surface area contributed by atoms with Crippen LogP contribution in [-0.2, 0) is 0 Å². The second-order valence-electron chi connectivity index (χ2n) is 4.02. The molecule has 0 unspecified atom stereocenters. The van der Waals surface area contributed by atoms with Gasteiger partial charge in [-0.05, 0) is 36.4 Å². The predicted octanol–water partition coefficient (Wildman–Crippen LogP) is 3.63. The van der Waals surface area contributed by atoms with Crippen molar-refractivity contribution in [2.45, 2.75) is 0 Å². The molecule has 0 aliphatic rings. The molecule has 0 saturated carbocycles. The number of amides is 1. The average Bonchev–Trinajstić information content (AvgIpc) is 2.46. The summed E-state index contributed by atoms with van der Waals surface area (Å²) in [5, 5.41) is 11.0. The van der Waals surface area contributed by atoms with Gasteiger partial charge in [-0.1, -0.05) is 17.7 Å². The predicted molar refractivity (Wildman–Crippen MR) is 76.9 cm³/mol. The van der Waals surface area contributed by atoms with Crippen molar-refractivity contribution in [2.75, 3.05) is 11.9 Å². The number of carbonyl (C=O) groups excluding carboxylic acids is 1. The summed E-state index contributed by atoms with van der Waals surface area (Å²) in [6, 6.07) is 12.2. The van der Waals surface area contributed by atoms with E-state index in [4.69, 9.17) is 21.6 Å². The number of carbonyl (C=O) groups is 1. The van der Waals surface area contributed by atoms with Crippen molar-refractivity contribution in [2.24, 2.45) is 0 Å². The third kappa shape index (κ3) is 3.71. The van der Waals surface area contributed by atoms with Crippen LogP contribution in [0.5, 0.6) is 5.75 Å². The average molecular weight is 305 g/mol. The zero-order chi connectivity index (χ0) is 15.2. The lowest BCUT2D eigenvalue weighted by Gasteiger charge is -2.08. The van der Waals surface area contributed by atoms with Crippen molar-refractivity contribution in [1.82, 2.24) is 0 Å². The molecule has 0 spiro atoms. The summed E-state index contributed by atoms with van der Waals surface area (Å²) < 4.78 is 18.7. The molecule has 6 heteroatoms. The fraction of sp³-hybridized carbons (Fsp3) is 0.0667. The number of benzene rings is 2. The van der Waals surface area contributed by atoms with Gasteiger partial charge in [-0.2, -0.15) is 5.26 Å². The van der Waals surface area contributed by atoms with Crippen LogP contribution in [0, 0.1) is 17.1 Å². The Morgan fingerprint density at radius 3 is 2.62 bits per heavy atom. The zero-order valence-electron chi connectivity index (χ0n) is 10.8. The molecule has 1 N–H and O–H groups in total. The molecule has 2 aromatic rings. The van der Waals surface area contributed by atoms with Crippen LogP contribution in [0.25, 0.3) is 0 Å². The van der Waals surface area contributed by atoms with Gasteiger partial charge in [-0.3, -0.25) is 4.79 Å². The molecule has 4 nitrogen and oxygen atoms in total. The minimum atomic E-state index is -0.686. The number of halogens is 2. The molecule has 0 fully saturated rings. The normalized spacial score (nSPS) is 9.76. The van der Waals surface area contributed by atoms with E-state index in [9.17, 15) is 9.18 Å². The molecule has 0 aliphatic carbocycles. The number of anilines is 1. The van der Waals surface area contributed by atoms with Gasteiger partial charge in [0.25, 0.3) is 5.91 Å². The number of rotatable bonds is 4. The van der Waals surface area contributed by atoms with Crippen LogP contribution < -0.4 is 10.1 Å². The van der Waals surface area contributed by atoms with E-state index in [1.807, 2.05) is 6.07 Å². The highest BCUT2D eigenvalue weighted by atomic mass is 35.5. The third-order valence-electron chi connectivity index (χ3n) is 2.61. The van der Waals surface area contributed by atoms with Gasteiger partial charge in [0, 0.05) is 5.69 Å². The Balaban J connectivity index is 2.11. The number of ether oxygens (including phenoxy) is 1. The molecule has 0 aromatic heterocycles. The zero-order valence-corrected chi connectivity index (χ0v) is 11.5. The topological polar surface area (TPSA) is 62.1 Å². The van der Waals surface area contributed by atoms with Crippen LogP contribution in [0.1, 0.15) is 10.4 Å². The second-order valence-corrected chi connectivity index (χ2v) is 4.43. The van der Waals surface area contributed by atoms with Gasteiger partial charge in [0.05, 0.1) is 10.6 Å². The van der Waals surface area contributed by atoms with E-state index in [0.29, 0.717) is 11.4 Å². The molecule has 0 saturated heterocycles. The summed E-state index contributed by atoms with van der Waals surface area (Å²) in [7, 11) is 0. The standard InChI is InChI=1S/C15H10ClFN2O2/c16-12-2-1-3-13(17)14(12)15(20)19-10-4-6-11(7-5-10)21-9-8-18/h1-7H,9H2,(H,19,20). The molecule has 0 atom stereocenters. The van der Waals surface area contributed by atoms with Gasteiger partial charge in [0.15, 0.2) is 6.61 Å². The maximum atomic E-state index is 13.6. The first-order valence-electron chi connectivity index (χ1n) is 5.97. The number of nitrogens with zero attached hydrogens (tertiary/aromatic N) is 1. The quantitative estimate of drug-likeness (QED) is 0.938. The Kier molecular flexibility index (Phi) is 4.75. The Bertz CT molecular complexity index is 676. The molecule has 21 heavy (non-hydrogen) atoms. The van der Waals surface area contributed by atoms with Gasteiger partial charge in [0.1, 0.15) is 17.6 Å². The summed E-state index contributed by atoms with van der Waals surface area (Å²) in [5.41, 5.74) is 0.257. The van der Waals surface area contributed by atoms with Crippen LogP contribution in [0.4, 0.5) is 10.1 Å². The SMILES string of the molecule is N#CCOc1ccc(NC(=O)c2c(F)cccc2Cl)cc1. The lowest BCUT2D eigenvalue weighted by atomic mass is 10.2. The number of hydrogen-bond donors (Lipinski definition) is 1. The summed E-state index contributed by atoms with van der Waals surface area (Å²) in [4.78, 5) is 12.0. The maximum absolute atomic E-state index is 13.6. The van der Waals surface area contributed by atoms with Gasteiger partial charge in [-0.25, -0.2) is 4.39 Å². The van der Waals surface area contributed by atoms with Gasteiger partial charge >= 0.3 is 0 Å². The molecule has 0 radical (unpaired) electrons. The van der Waals surface area contributed by atoms with E-state index in [0.717, 1.165) is 0 Å². The van der Waals surface area contributed by atoms with E-state index in [1.54, 1.807) is 24.3 Å². The Morgan fingerprint density at radius 1 is 1.29 bits per heavy atom. The Morgan fingerprint density at radius 2 is 2.00 bits per heavy atom. The molecule has 2 aromatic carbocycles. The van der Waals surface area contributed by atoms with Crippen molar-refractivity contribution < 1.29 is 13.9 Å². The molecule has 1 amide bonds. The largest absolute Gasteiger partial charge is 0.479 e. The summed E-state index contributed by atoms with van der Waals surface area (Å²) in [6.07, 6.45) is 0. The molecule has 0 bridgehead atoms. The molecule has 0 heterocycles. The smallest absolute Gasteiger partial charge is 0.260 e. The fourth-order valence-electron chi connectivity index (χ4n) is 1.66. The third-order valence-corrected chi connectivity index (χ3v) is 2.92. The summed E-state index contributed by atoms with van der Waals surface area (Å²) >= 11 is 5.82. The van der Waals surface area contributed by atoms with E-state index < -0.39 is 11.7 Å². The van der Waals surface area contributed by atoms with Crippen LogP contribution in [-0.4, -0.2) is 12.5 Å². The van der Waals surface area contributed by atoms with Crippen molar-refractivity contribution in [1.29, 1.82) is 5.26 Å². The van der Waals surface area contributed by atoms with Crippen molar-refractivity contribution in [3.63, 3.8) is 0 Å². The minimum absolute atomic E-state index is 0.0430. The van der Waals surface area contributed by atoms with E-state index in [1.165, 1.54) is 18.2 Å². The first-order chi connectivity index (χ1) is 10.1. The molecule has 106 valence electrons. The Labute approximate surface area is 125 Å². The van der Waals surface area contributed by atoms with Gasteiger partial charge in [-0.15, -0.1) is 0 Å². The number of nitriles is 1. The highest BCUT2D eigenvalue weighted by Crippen LogP contribution is 2.21. The first-order valence-corrected chi connectivity index (χ1v) is 6.35.